The van der Waals surface area contributed by atoms with Crippen LogP contribution in [0, 0.1) is 11.3 Å². The maximum absolute atomic E-state index is 11.3. The first-order chi connectivity index (χ1) is 7.02. The molecule has 15 heavy (non-hydrogen) atoms. The Kier molecular flexibility index (Phi) is 2.29. The van der Waals surface area contributed by atoms with Crippen LogP contribution in [0.5, 0.6) is 0 Å². The SMILES string of the molecule is Cn1ccc(CC(C)(C(=O)O)C2CC2)n1. The normalized spacial score (nSPS) is 19.9. The summed E-state index contributed by atoms with van der Waals surface area (Å²) in [6, 6.07) is 1.89. The van der Waals surface area contributed by atoms with Gasteiger partial charge >= 0.3 is 5.97 Å². The van der Waals surface area contributed by atoms with Gasteiger partial charge in [0, 0.05) is 19.7 Å². The van der Waals surface area contributed by atoms with E-state index in [-0.39, 0.29) is 0 Å². The summed E-state index contributed by atoms with van der Waals surface area (Å²) in [5, 5.41) is 13.5. The Balaban J connectivity index is 2.16. The second-order valence-corrected chi connectivity index (χ2v) is 4.65. The molecule has 1 aliphatic rings. The van der Waals surface area contributed by atoms with Crippen molar-refractivity contribution in [2.24, 2.45) is 18.4 Å². The Bertz CT molecular complexity index is 382. The number of hydrogen-bond acceptors (Lipinski definition) is 2. The number of carboxylic acid groups (broad SMARTS) is 1. The fourth-order valence-electron chi connectivity index (χ4n) is 2.05. The van der Waals surface area contributed by atoms with E-state index in [0.29, 0.717) is 12.3 Å². The van der Waals surface area contributed by atoms with Gasteiger partial charge in [0.25, 0.3) is 0 Å². The number of nitrogens with zero attached hydrogens (tertiary/aromatic N) is 2. The molecule has 1 fully saturated rings. The summed E-state index contributed by atoms with van der Waals surface area (Å²) in [4.78, 5) is 11.3. The molecule has 0 bridgehead atoms. The molecule has 1 saturated carbocycles. The van der Waals surface area contributed by atoms with Gasteiger partial charge in [-0.25, -0.2) is 0 Å². The van der Waals surface area contributed by atoms with Crippen molar-refractivity contribution in [2.75, 3.05) is 0 Å². The number of aromatic nitrogens is 2. The summed E-state index contributed by atoms with van der Waals surface area (Å²) in [5.74, 6) is -0.368. The van der Waals surface area contributed by atoms with Crippen molar-refractivity contribution in [1.82, 2.24) is 9.78 Å². The van der Waals surface area contributed by atoms with E-state index in [1.165, 1.54) is 0 Å². The lowest BCUT2D eigenvalue weighted by atomic mass is 9.80. The number of rotatable bonds is 4. The van der Waals surface area contributed by atoms with Gasteiger partial charge in [-0.05, 0) is 31.7 Å². The second kappa shape index (κ2) is 3.36. The van der Waals surface area contributed by atoms with E-state index in [1.807, 2.05) is 26.2 Å². The van der Waals surface area contributed by atoms with Gasteiger partial charge in [0.2, 0.25) is 0 Å². The van der Waals surface area contributed by atoms with Gasteiger partial charge < -0.3 is 5.11 Å². The van der Waals surface area contributed by atoms with Gasteiger partial charge in [-0.2, -0.15) is 5.10 Å². The summed E-state index contributed by atoms with van der Waals surface area (Å²) in [6.07, 6.45) is 4.46. The molecule has 0 radical (unpaired) electrons. The average Bonchev–Trinajstić information content (AvgIpc) is 2.92. The monoisotopic (exact) mass is 208 g/mol. The first-order valence-electron chi connectivity index (χ1n) is 5.24. The zero-order valence-electron chi connectivity index (χ0n) is 9.10. The highest BCUT2D eigenvalue weighted by Gasteiger charge is 2.47. The molecule has 4 heteroatoms. The van der Waals surface area contributed by atoms with Crippen LogP contribution in [-0.2, 0) is 18.3 Å². The minimum atomic E-state index is -0.698. The standard InChI is InChI=1S/C11H16N2O2/c1-11(10(14)15,8-3-4-8)7-9-5-6-13(2)12-9/h5-6,8H,3-4,7H2,1-2H3,(H,14,15). The third kappa shape index (κ3) is 1.89. The molecule has 0 saturated heterocycles. The summed E-state index contributed by atoms with van der Waals surface area (Å²) in [7, 11) is 1.85. The van der Waals surface area contributed by atoms with Gasteiger partial charge in [-0.15, -0.1) is 0 Å². The van der Waals surface area contributed by atoms with Crippen molar-refractivity contribution in [3.05, 3.63) is 18.0 Å². The largest absolute Gasteiger partial charge is 0.481 e. The van der Waals surface area contributed by atoms with Crippen LogP contribution in [-0.4, -0.2) is 20.9 Å². The first-order valence-corrected chi connectivity index (χ1v) is 5.24. The molecule has 1 unspecified atom stereocenters. The van der Waals surface area contributed by atoms with E-state index in [4.69, 9.17) is 0 Å². The Morgan fingerprint density at radius 2 is 2.40 bits per heavy atom. The van der Waals surface area contributed by atoms with Crippen LogP contribution >= 0.6 is 0 Å². The summed E-state index contributed by atoms with van der Waals surface area (Å²) >= 11 is 0. The fraction of sp³-hybridized carbons (Fsp3) is 0.636. The predicted molar refractivity (Wildman–Crippen MR) is 55.4 cm³/mol. The lowest BCUT2D eigenvalue weighted by Crippen LogP contribution is -2.32. The van der Waals surface area contributed by atoms with Crippen LogP contribution in [0.3, 0.4) is 0 Å². The van der Waals surface area contributed by atoms with Crippen LogP contribution in [0.1, 0.15) is 25.5 Å². The maximum atomic E-state index is 11.3. The highest BCUT2D eigenvalue weighted by Crippen LogP contribution is 2.47. The highest BCUT2D eigenvalue weighted by atomic mass is 16.4. The zero-order chi connectivity index (χ0) is 11.1. The van der Waals surface area contributed by atoms with E-state index < -0.39 is 11.4 Å². The van der Waals surface area contributed by atoms with Gasteiger partial charge in [-0.3, -0.25) is 9.48 Å². The number of aliphatic carboxylic acids is 1. The lowest BCUT2D eigenvalue weighted by Gasteiger charge is -2.23. The van der Waals surface area contributed by atoms with Crippen molar-refractivity contribution >= 4 is 5.97 Å². The number of carbonyl (C=O) groups is 1. The third-order valence-electron chi connectivity index (χ3n) is 3.28. The van der Waals surface area contributed by atoms with Crippen molar-refractivity contribution in [3.63, 3.8) is 0 Å². The molecule has 0 amide bonds. The quantitative estimate of drug-likeness (QED) is 0.815. The third-order valence-corrected chi connectivity index (χ3v) is 3.28. The van der Waals surface area contributed by atoms with Crippen molar-refractivity contribution in [2.45, 2.75) is 26.2 Å². The smallest absolute Gasteiger partial charge is 0.310 e. The number of aryl methyl sites for hydroxylation is 1. The molecule has 1 heterocycles. The van der Waals surface area contributed by atoms with Crippen molar-refractivity contribution in [1.29, 1.82) is 0 Å². The van der Waals surface area contributed by atoms with E-state index >= 15 is 0 Å². The van der Waals surface area contributed by atoms with Gasteiger partial charge in [0.05, 0.1) is 11.1 Å². The van der Waals surface area contributed by atoms with E-state index in [0.717, 1.165) is 18.5 Å². The van der Waals surface area contributed by atoms with Crippen LogP contribution in [0.4, 0.5) is 0 Å². The van der Waals surface area contributed by atoms with Gasteiger partial charge in [0.1, 0.15) is 0 Å². The predicted octanol–water partition coefficient (Wildman–Crippen LogP) is 1.46. The Labute approximate surface area is 88.9 Å². The fourth-order valence-corrected chi connectivity index (χ4v) is 2.05. The Morgan fingerprint density at radius 1 is 1.73 bits per heavy atom. The van der Waals surface area contributed by atoms with Crippen LogP contribution in [0.25, 0.3) is 0 Å². The van der Waals surface area contributed by atoms with E-state index in [1.54, 1.807) is 4.68 Å². The maximum Gasteiger partial charge on any atom is 0.310 e. The minimum absolute atomic E-state index is 0.331. The molecule has 0 spiro atoms. The molecular formula is C11H16N2O2. The molecule has 0 aromatic carbocycles. The Morgan fingerprint density at radius 3 is 2.80 bits per heavy atom. The van der Waals surface area contributed by atoms with Crippen LogP contribution in [0.2, 0.25) is 0 Å². The van der Waals surface area contributed by atoms with E-state index in [2.05, 4.69) is 5.10 Å². The second-order valence-electron chi connectivity index (χ2n) is 4.65. The summed E-state index contributed by atoms with van der Waals surface area (Å²) < 4.78 is 1.71. The van der Waals surface area contributed by atoms with E-state index in [9.17, 15) is 9.90 Å². The lowest BCUT2D eigenvalue weighted by molar-refractivity contribution is -0.149. The molecule has 82 valence electrons. The summed E-state index contributed by atoms with van der Waals surface area (Å²) in [6.45, 7) is 1.84. The topological polar surface area (TPSA) is 55.1 Å². The molecule has 1 aromatic rings. The van der Waals surface area contributed by atoms with Gasteiger partial charge in [0.15, 0.2) is 0 Å². The summed E-state index contributed by atoms with van der Waals surface area (Å²) in [5.41, 5.74) is 0.239. The molecular weight excluding hydrogens is 192 g/mol. The first kappa shape index (κ1) is 10.2. The molecule has 0 aliphatic heterocycles. The molecule has 1 N–H and O–H groups in total. The minimum Gasteiger partial charge on any atom is -0.481 e. The van der Waals surface area contributed by atoms with Crippen LogP contribution in [0.15, 0.2) is 12.3 Å². The Hall–Kier alpha value is -1.32. The highest BCUT2D eigenvalue weighted by molar-refractivity contribution is 5.75. The number of carboxylic acids is 1. The molecule has 1 aromatic heterocycles. The molecule has 4 nitrogen and oxygen atoms in total. The van der Waals surface area contributed by atoms with Crippen molar-refractivity contribution < 1.29 is 9.90 Å². The average molecular weight is 208 g/mol. The molecule has 1 aliphatic carbocycles. The number of hydrogen-bond donors (Lipinski definition) is 1. The molecule has 2 rings (SSSR count). The van der Waals surface area contributed by atoms with Crippen LogP contribution < -0.4 is 0 Å². The van der Waals surface area contributed by atoms with Crippen molar-refractivity contribution in [3.8, 4) is 0 Å². The van der Waals surface area contributed by atoms with Gasteiger partial charge in [-0.1, -0.05) is 0 Å². The molecule has 1 atom stereocenters. The zero-order valence-corrected chi connectivity index (χ0v) is 9.10.